The van der Waals surface area contributed by atoms with Gasteiger partial charge in [0.25, 0.3) is 0 Å². The molecule has 0 unspecified atom stereocenters. The molecule has 0 aliphatic heterocycles. The van der Waals surface area contributed by atoms with Crippen molar-refractivity contribution in [3.8, 4) is 0 Å². The van der Waals surface area contributed by atoms with Gasteiger partial charge in [0.15, 0.2) is 8.32 Å². The van der Waals surface area contributed by atoms with Crippen molar-refractivity contribution in [3.05, 3.63) is 158 Å². The normalized spacial score (nSPS) is 12.0. The fourth-order valence-electron chi connectivity index (χ4n) is 7.33. The predicted octanol–water partition coefficient (Wildman–Crippen LogP) is 7.86. The first-order chi connectivity index (χ1) is 29.0. The van der Waals surface area contributed by atoms with Gasteiger partial charge in [0.05, 0.1) is 19.8 Å². The Morgan fingerprint density at radius 3 is 0.951 bits per heavy atom. The van der Waals surface area contributed by atoms with Gasteiger partial charge in [0, 0.05) is 23.3 Å². The minimum absolute atomic E-state index is 0.183. The maximum Gasteiger partial charge on any atom is 0.467 e. The maximum atomic E-state index is 12.5. The summed E-state index contributed by atoms with van der Waals surface area (Å²) in [5.74, 6) is -1.29. The van der Waals surface area contributed by atoms with Crippen LogP contribution in [-0.2, 0) is 40.9 Å². The molecule has 4 rings (SSSR count). The summed E-state index contributed by atoms with van der Waals surface area (Å²) in [7, 11) is -13.2. The molecule has 0 N–H and O–H groups in total. The van der Waals surface area contributed by atoms with Crippen molar-refractivity contribution >= 4 is 72.4 Å². The van der Waals surface area contributed by atoms with Gasteiger partial charge in [-0.05, 0) is 92.0 Å². The highest BCUT2D eigenvalue weighted by Crippen LogP contribution is 2.32. The lowest BCUT2D eigenvalue weighted by atomic mass is 10.4. The molecule has 0 radical (unpaired) electrons. The molecule has 0 saturated heterocycles. The second-order valence-electron chi connectivity index (χ2n) is 16.1. The molecule has 0 fully saturated rings. The van der Waals surface area contributed by atoms with Crippen LogP contribution in [0.5, 0.6) is 0 Å². The smallest absolute Gasteiger partial charge is 0.462 e. The number of carbonyl (C=O) groups excluding carboxylic acids is 3. The largest absolute Gasteiger partial charge is 0.467 e. The number of carbonyl (C=O) groups is 3. The zero-order valence-electron chi connectivity index (χ0n) is 36.7. The summed E-state index contributed by atoms with van der Waals surface area (Å²) in [6.07, 6.45) is 1.62. The standard InChI is InChI=1S/C48H62O9Si4/c1-39(2)46(49)52-33-22-36-58(7,8)55-59(9,56-60(42-25-14-10-15-26-42,43-27-16-11-17-28-43)37-23-34-53-47(50)40(3)4)57-61(44-29-18-12-19-30-44,45-31-20-13-21-32-45)38-24-35-54-48(51)41(5)6/h10-21,25-32H,1,3,5,22-24,33-38H2,2,4,6-9H3. The molecule has 0 heterocycles. The number of ether oxygens (including phenoxy) is 3. The lowest BCUT2D eigenvalue weighted by Crippen LogP contribution is -2.73. The van der Waals surface area contributed by atoms with Crippen LogP contribution in [0, 0.1) is 0 Å². The van der Waals surface area contributed by atoms with Gasteiger partial charge < -0.3 is 26.6 Å². The van der Waals surface area contributed by atoms with Gasteiger partial charge in [-0.2, -0.15) is 0 Å². The highest BCUT2D eigenvalue weighted by atomic mass is 28.5. The summed E-state index contributed by atoms with van der Waals surface area (Å²) in [5.41, 5.74) is 1.03. The molecule has 324 valence electrons. The summed E-state index contributed by atoms with van der Waals surface area (Å²) < 4.78 is 40.4. The Labute approximate surface area is 367 Å². The quantitative estimate of drug-likeness (QED) is 0.0216. The number of hydrogen-bond acceptors (Lipinski definition) is 9. The lowest BCUT2D eigenvalue weighted by molar-refractivity contribution is -0.139. The lowest BCUT2D eigenvalue weighted by Gasteiger charge is -2.47. The van der Waals surface area contributed by atoms with Crippen LogP contribution in [0.25, 0.3) is 0 Å². The molecule has 9 nitrogen and oxygen atoms in total. The number of hydrogen-bond donors (Lipinski definition) is 0. The van der Waals surface area contributed by atoms with Crippen molar-refractivity contribution in [1.82, 2.24) is 0 Å². The van der Waals surface area contributed by atoms with Gasteiger partial charge in [-0.15, -0.1) is 0 Å². The highest BCUT2D eigenvalue weighted by molar-refractivity contribution is 7.05. The molecule has 0 aliphatic rings. The van der Waals surface area contributed by atoms with Crippen LogP contribution >= 0.6 is 0 Å². The highest BCUT2D eigenvalue weighted by Gasteiger charge is 2.56. The summed E-state index contributed by atoms with van der Waals surface area (Å²) >= 11 is 0. The zero-order valence-corrected chi connectivity index (χ0v) is 40.7. The monoisotopic (exact) mass is 894 g/mol. The molecule has 4 aromatic rings. The van der Waals surface area contributed by atoms with E-state index in [-0.39, 0.29) is 19.8 Å². The predicted molar refractivity (Wildman–Crippen MR) is 254 cm³/mol. The fourth-order valence-corrected chi connectivity index (χ4v) is 28.2. The molecule has 0 saturated carbocycles. The van der Waals surface area contributed by atoms with Crippen LogP contribution in [0.1, 0.15) is 40.0 Å². The zero-order chi connectivity index (χ0) is 44.5. The first kappa shape index (κ1) is 48.9. The van der Waals surface area contributed by atoms with Crippen molar-refractivity contribution in [3.63, 3.8) is 0 Å². The first-order valence-electron chi connectivity index (χ1n) is 20.8. The van der Waals surface area contributed by atoms with E-state index in [0.717, 1.165) is 20.7 Å². The molecular formula is C48H62O9Si4. The fraction of sp³-hybridized carbons (Fsp3) is 0.312. The molecule has 0 amide bonds. The van der Waals surface area contributed by atoms with Crippen LogP contribution in [-0.4, -0.2) is 71.5 Å². The second-order valence-corrected chi connectivity index (χ2v) is 30.9. The van der Waals surface area contributed by atoms with E-state index >= 15 is 0 Å². The third-order valence-corrected chi connectivity index (χ3v) is 28.3. The molecule has 0 bridgehead atoms. The van der Waals surface area contributed by atoms with E-state index in [9.17, 15) is 14.4 Å². The minimum Gasteiger partial charge on any atom is -0.462 e. The van der Waals surface area contributed by atoms with Gasteiger partial charge in [0.2, 0.25) is 16.6 Å². The Kier molecular flexibility index (Phi) is 18.4. The number of rotatable bonds is 25. The van der Waals surface area contributed by atoms with Crippen LogP contribution in [0.3, 0.4) is 0 Å². The van der Waals surface area contributed by atoms with Gasteiger partial charge in [-0.1, -0.05) is 141 Å². The van der Waals surface area contributed by atoms with Crippen LogP contribution < -0.4 is 20.7 Å². The average Bonchev–Trinajstić information content (AvgIpc) is 3.25. The van der Waals surface area contributed by atoms with E-state index in [1.807, 2.05) is 79.3 Å². The summed E-state index contributed by atoms with van der Waals surface area (Å²) in [5, 5.41) is 4.12. The molecule has 0 aromatic heterocycles. The Balaban J connectivity index is 1.93. The van der Waals surface area contributed by atoms with Crippen molar-refractivity contribution < 1.29 is 40.9 Å². The maximum absolute atomic E-state index is 12.5. The van der Waals surface area contributed by atoms with Crippen LogP contribution in [0.15, 0.2) is 158 Å². The van der Waals surface area contributed by atoms with E-state index in [4.69, 9.17) is 26.6 Å². The Bertz CT molecular complexity index is 1880. The van der Waals surface area contributed by atoms with Crippen molar-refractivity contribution in [1.29, 1.82) is 0 Å². The number of benzene rings is 4. The molecule has 0 atom stereocenters. The third kappa shape index (κ3) is 14.1. The van der Waals surface area contributed by atoms with E-state index < -0.39 is 51.7 Å². The minimum atomic E-state index is -3.87. The third-order valence-electron chi connectivity index (χ3n) is 10.2. The summed E-state index contributed by atoms with van der Waals surface area (Å²) in [6.45, 7) is 23.1. The Morgan fingerprint density at radius 2 is 0.689 bits per heavy atom. The Morgan fingerprint density at radius 1 is 0.426 bits per heavy atom. The topological polar surface area (TPSA) is 107 Å². The van der Waals surface area contributed by atoms with Gasteiger partial charge in [-0.3, -0.25) is 0 Å². The van der Waals surface area contributed by atoms with E-state index in [2.05, 4.69) is 81.4 Å². The first-order valence-corrected chi connectivity index (χ1v) is 30.4. The summed E-state index contributed by atoms with van der Waals surface area (Å²) in [6, 6.07) is 42.8. The number of esters is 3. The second kappa shape index (κ2) is 22.9. The van der Waals surface area contributed by atoms with Crippen LogP contribution in [0.2, 0.25) is 37.8 Å². The van der Waals surface area contributed by atoms with Crippen molar-refractivity contribution in [2.75, 3.05) is 19.8 Å². The van der Waals surface area contributed by atoms with Gasteiger partial charge in [-0.25, -0.2) is 14.4 Å². The molecule has 61 heavy (non-hydrogen) atoms. The summed E-state index contributed by atoms with van der Waals surface area (Å²) in [4.78, 5) is 37.4. The van der Waals surface area contributed by atoms with Crippen LogP contribution in [0.4, 0.5) is 0 Å². The molecule has 0 spiro atoms. The van der Waals surface area contributed by atoms with E-state index in [1.54, 1.807) is 20.8 Å². The SMILES string of the molecule is C=C(C)C(=O)OCCC[Si](C)(C)O[Si](C)(O[Si](CCCOC(=O)C(=C)C)(c1ccccc1)c1ccccc1)O[Si](CCCOC(=O)C(=C)C)(c1ccccc1)c1ccccc1. The Hall–Kier alpha value is -4.74. The molecule has 13 heteroatoms. The molecule has 4 aromatic carbocycles. The molecular weight excluding hydrogens is 833 g/mol. The van der Waals surface area contributed by atoms with Crippen molar-refractivity contribution in [2.45, 2.75) is 77.8 Å². The van der Waals surface area contributed by atoms with Gasteiger partial charge >= 0.3 is 26.7 Å². The van der Waals surface area contributed by atoms with Gasteiger partial charge in [0.1, 0.15) is 0 Å². The molecule has 0 aliphatic carbocycles. The average molecular weight is 895 g/mol. The van der Waals surface area contributed by atoms with Crippen molar-refractivity contribution in [2.24, 2.45) is 0 Å². The van der Waals surface area contributed by atoms with E-state index in [1.165, 1.54) is 0 Å². The van der Waals surface area contributed by atoms with E-state index in [0.29, 0.717) is 54.1 Å².